The summed E-state index contributed by atoms with van der Waals surface area (Å²) in [5.74, 6) is 1.01. The summed E-state index contributed by atoms with van der Waals surface area (Å²) < 4.78 is 6.68. The third-order valence-corrected chi connectivity index (χ3v) is 3.55. The Labute approximate surface area is 105 Å². The van der Waals surface area contributed by atoms with E-state index in [1.165, 1.54) is 28.4 Å². The first-order valence-corrected chi connectivity index (χ1v) is 6.46. The van der Waals surface area contributed by atoms with Crippen LogP contribution in [0.15, 0.2) is 18.2 Å². The van der Waals surface area contributed by atoms with Gasteiger partial charge in [-0.1, -0.05) is 6.42 Å². The molecule has 1 aromatic carbocycles. The highest BCUT2D eigenvalue weighted by Gasteiger charge is 2.18. The van der Waals surface area contributed by atoms with Gasteiger partial charge in [-0.3, -0.25) is 0 Å². The third-order valence-electron chi connectivity index (χ3n) is 2.88. The topological polar surface area (TPSA) is 21.3 Å². The van der Waals surface area contributed by atoms with Crippen LogP contribution in [0.1, 0.15) is 30.9 Å². The highest BCUT2D eigenvalue weighted by Crippen LogP contribution is 2.31. The van der Waals surface area contributed by atoms with Crippen molar-refractivity contribution in [3.63, 3.8) is 0 Å². The van der Waals surface area contributed by atoms with Gasteiger partial charge in [0.1, 0.15) is 5.75 Å². The molecule has 1 saturated heterocycles. The summed E-state index contributed by atoms with van der Waals surface area (Å²) in [6.07, 6.45) is 3.82. The van der Waals surface area contributed by atoms with Crippen molar-refractivity contribution < 1.29 is 4.74 Å². The molecular formula is C12H16INO. The van der Waals surface area contributed by atoms with Crippen molar-refractivity contribution in [1.29, 1.82) is 0 Å². The molecule has 0 radical (unpaired) electrons. The van der Waals surface area contributed by atoms with Crippen LogP contribution in [0.25, 0.3) is 0 Å². The van der Waals surface area contributed by atoms with Crippen LogP contribution >= 0.6 is 22.6 Å². The van der Waals surface area contributed by atoms with E-state index in [0.29, 0.717) is 6.04 Å². The molecule has 1 atom stereocenters. The van der Waals surface area contributed by atoms with E-state index in [4.69, 9.17) is 4.74 Å². The predicted molar refractivity (Wildman–Crippen MR) is 70.3 cm³/mol. The van der Waals surface area contributed by atoms with Crippen molar-refractivity contribution >= 4 is 22.6 Å². The third kappa shape index (κ3) is 2.64. The maximum absolute atomic E-state index is 5.41. The van der Waals surface area contributed by atoms with Gasteiger partial charge >= 0.3 is 0 Å². The van der Waals surface area contributed by atoms with Gasteiger partial charge in [0.05, 0.1) is 7.11 Å². The van der Waals surface area contributed by atoms with Crippen LogP contribution in [0.4, 0.5) is 0 Å². The molecule has 0 aliphatic carbocycles. The summed E-state index contributed by atoms with van der Waals surface area (Å²) in [7, 11) is 1.74. The van der Waals surface area contributed by atoms with Crippen molar-refractivity contribution in [2.24, 2.45) is 0 Å². The Hall–Kier alpha value is -0.290. The summed E-state index contributed by atoms with van der Waals surface area (Å²) in [4.78, 5) is 0. The van der Waals surface area contributed by atoms with Crippen LogP contribution < -0.4 is 10.1 Å². The fraction of sp³-hybridized carbons (Fsp3) is 0.500. The number of piperidine rings is 1. The van der Waals surface area contributed by atoms with Crippen molar-refractivity contribution in [3.05, 3.63) is 27.3 Å². The second-order valence-electron chi connectivity index (χ2n) is 3.89. The molecule has 1 unspecified atom stereocenters. The Balaban J connectivity index is 2.27. The minimum atomic E-state index is 0.475. The molecule has 2 rings (SSSR count). The zero-order chi connectivity index (χ0) is 10.7. The van der Waals surface area contributed by atoms with Crippen LogP contribution in [0.2, 0.25) is 0 Å². The van der Waals surface area contributed by atoms with Crippen LogP contribution in [0, 0.1) is 3.57 Å². The van der Waals surface area contributed by atoms with E-state index in [9.17, 15) is 0 Å². The lowest BCUT2D eigenvalue weighted by molar-refractivity contribution is 0.373. The molecule has 0 bridgehead atoms. The van der Waals surface area contributed by atoms with Gasteiger partial charge < -0.3 is 10.1 Å². The zero-order valence-corrected chi connectivity index (χ0v) is 11.1. The second-order valence-corrected chi connectivity index (χ2v) is 5.13. The minimum Gasteiger partial charge on any atom is -0.496 e. The molecule has 1 aliphatic rings. The molecule has 1 heterocycles. The SMILES string of the molecule is COc1ccc(I)cc1C1CCCCN1. The van der Waals surface area contributed by atoms with Crippen LogP contribution in [0.3, 0.4) is 0 Å². The molecule has 1 aliphatic heterocycles. The van der Waals surface area contributed by atoms with Crippen molar-refractivity contribution in [3.8, 4) is 5.75 Å². The minimum absolute atomic E-state index is 0.475. The maximum atomic E-state index is 5.41. The fourth-order valence-electron chi connectivity index (χ4n) is 2.09. The van der Waals surface area contributed by atoms with E-state index in [1.54, 1.807) is 7.11 Å². The van der Waals surface area contributed by atoms with Crippen LogP contribution in [-0.2, 0) is 0 Å². The van der Waals surface area contributed by atoms with Gasteiger partial charge in [-0.15, -0.1) is 0 Å². The Morgan fingerprint density at radius 2 is 2.27 bits per heavy atom. The molecule has 0 saturated carbocycles. The molecule has 1 N–H and O–H groups in total. The second kappa shape index (κ2) is 5.16. The molecular weight excluding hydrogens is 301 g/mol. The molecule has 82 valence electrons. The summed E-state index contributed by atoms with van der Waals surface area (Å²) >= 11 is 2.35. The number of benzene rings is 1. The van der Waals surface area contributed by atoms with E-state index in [-0.39, 0.29) is 0 Å². The predicted octanol–water partition coefficient (Wildman–Crippen LogP) is 3.11. The largest absolute Gasteiger partial charge is 0.496 e. The van der Waals surface area contributed by atoms with Crippen molar-refractivity contribution in [1.82, 2.24) is 5.32 Å². The zero-order valence-electron chi connectivity index (χ0n) is 8.92. The number of ether oxygens (including phenoxy) is 1. The first-order chi connectivity index (χ1) is 7.31. The Bertz CT molecular complexity index is 334. The quantitative estimate of drug-likeness (QED) is 0.846. The summed E-state index contributed by atoms with van der Waals surface area (Å²) in [5, 5.41) is 3.55. The van der Waals surface area contributed by atoms with Crippen LogP contribution in [0.5, 0.6) is 5.75 Å². The molecule has 3 heteroatoms. The van der Waals surface area contributed by atoms with E-state index in [1.807, 2.05) is 0 Å². The Morgan fingerprint density at radius 1 is 1.40 bits per heavy atom. The molecule has 15 heavy (non-hydrogen) atoms. The van der Waals surface area contributed by atoms with Gasteiger partial charge in [0, 0.05) is 15.2 Å². The van der Waals surface area contributed by atoms with E-state index >= 15 is 0 Å². The average Bonchev–Trinajstić information content (AvgIpc) is 2.30. The van der Waals surface area contributed by atoms with Gasteiger partial charge in [-0.2, -0.15) is 0 Å². The number of hydrogen-bond acceptors (Lipinski definition) is 2. The first-order valence-electron chi connectivity index (χ1n) is 5.38. The molecule has 0 aromatic heterocycles. The van der Waals surface area contributed by atoms with Gasteiger partial charge in [0.2, 0.25) is 0 Å². The number of hydrogen-bond donors (Lipinski definition) is 1. The van der Waals surface area contributed by atoms with E-state index < -0.39 is 0 Å². The lowest BCUT2D eigenvalue weighted by Gasteiger charge is -2.25. The average molecular weight is 317 g/mol. The number of halogens is 1. The number of nitrogens with one attached hydrogen (secondary N) is 1. The summed E-state index contributed by atoms with van der Waals surface area (Å²) in [5.41, 5.74) is 1.31. The highest BCUT2D eigenvalue weighted by atomic mass is 127. The van der Waals surface area contributed by atoms with Gasteiger partial charge in [0.25, 0.3) is 0 Å². The fourth-order valence-corrected chi connectivity index (χ4v) is 2.61. The Kier molecular flexibility index (Phi) is 3.86. The summed E-state index contributed by atoms with van der Waals surface area (Å²) in [6, 6.07) is 6.85. The number of methoxy groups -OCH3 is 1. The molecule has 1 aromatic rings. The first kappa shape index (κ1) is 11.2. The molecule has 0 spiro atoms. The normalized spacial score (nSPS) is 21.3. The van der Waals surface area contributed by atoms with Gasteiger partial charge in [-0.25, -0.2) is 0 Å². The smallest absolute Gasteiger partial charge is 0.123 e. The van der Waals surface area contributed by atoms with Gasteiger partial charge in [0.15, 0.2) is 0 Å². The highest BCUT2D eigenvalue weighted by molar-refractivity contribution is 14.1. The molecule has 1 fully saturated rings. The van der Waals surface area contributed by atoms with E-state index in [2.05, 4.69) is 46.1 Å². The maximum Gasteiger partial charge on any atom is 0.123 e. The van der Waals surface area contributed by atoms with Gasteiger partial charge in [-0.05, 0) is 60.2 Å². The summed E-state index contributed by atoms with van der Waals surface area (Å²) in [6.45, 7) is 1.12. The van der Waals surface area contributed by atoms with Crippen LogP contribution in [-0.4, -0.2) is 13.7 Å². The van der Waals surface area contributed by atoms with E-state index in [0.717, 1.165) is 12.3 Å². The lowest BCUT2D eigenvalue weighted by Crippen LogP contribution is -2.27. The molecule has 0 amide bonds. The monoisotopic (exact) mass is 317 g/mol. The standard InChI is InChI=1S/C12H16INO/c1-15-12-6-5-9(13)8-10(12)11-4-2-3-7-14-11/h5-6,8,11,14H,2-4,7H2,1H3. The number of rotatable bonds is 2. The molecule has 2 nitrogen and oxygen atoms in total. The van der Waals surface area contributed by atoms with Crippen molar-refractivity contribution in [2.45, 2.75) is 25.3 Å². The lowest BCUT2D eigenvalue weighted by atomic mass is 9.97. The van der Waals surface area contributed by atoms with Crippen molar-refractivity contribution in [2.75, 3.05) is 13.7 Å². The Morgan fingerprint density at radius 3 is 2.93 bits per heavy atom.